The van der Waals surface area contributed by atoms with Crippen molar-refractivity contribution in [3.63, 3.8) is 0 Å². The van der Waals surface area contributed by atoms with Gasteiger partial charge >= 0.3 is 0 Å². The van der Waals surface area contributed by atoms with Crippen molar-refractivity contribution in [2.24, 2.45) is 0 Å². The molecule has 0 radical (unpaired) electrons. The standard InChI is InChI=1S/C27H21F2N3/c1-18-6-10-20(11-7-18)21-12-8-19(9-13-21)16-32-15-14-24-25(17-32)31-27(30-24)22-4-2-3-5-23(28)26(22)29/h2-3,5-15,17H,4,16H2,1H3. The molecule has 0 unspecified atom stereocenters. The van der Waals surface area contributed by atoms with Gasteiger partial charge in [-0.25, -0.2) is 18.7 Å². The summed E-state index contributed by atoms with van der Waals surface area (Å²) in [5, 5.41) is 0. The highest BCUT2D eigenvalue weighted by molar-refractivity contribution is 5.71. The van der Waals surface area contributed by atoms with Gasteiger partial charge in [0.15, 0.2) is 17.5 Å². The third kappa shape index (κ3) is 4.02. The van der Waals surface area contributed by atoms with Crippen LogP contribution in [-0.4, -0.2) is 14.5 Å². The summed E-state index contributed by atoms with van der Waals surface area (Å²) in [6.07, 6.45) is 8.37. The summed E-state index contributed by atoms with van der Waals surface area (Å²) in [6, 6.07) is 18.8. The summed E-state index contributed by atoms with van der Waals surface area (Å²) in [7, 11) is 0. The number of aryl methyl sites for hydroxylation is 1. The maximum absolute atomic E-state index is 14.4. The van der Waals surface area contributed by atoms with Gasteiger partial charge in [-0.3, -0.25) is 0 Å². The minimum absolute atomic E-state index is 0.168. The fraction of sp³-hybridized carbons (Fsp3) is 0.111. The Morgan fingerprint density at radius 3 is 2.31 bits per heavy atom. The van der Waals surface area contributed by atoms with E-state index in [1.807, 2.05) is 23.0 Å². The van der Waals surface area contributed by atoms with Crippen molar-refractivity contribution in [3.05, 3.63) is 114 Å². The number of nitrogens with zero attached hydrogens (tertiary/aromatic N) is 3. The van der Waals surface area contributed by atoms with E-state index in [2.05, 4.69) is 65.4 Å². The molecule has 0 spiro atoms. The zero-order valence-corrected chi connectivity index (χ0v) is 17.6. The van der Waals surface area contributed by atoms with Gasteiger partial charge in [-0.15, -0.1) is 0 Å². The Bertz CT molecular complexity index is 1330. The molecule has 2 heterocycles. The van der Waals surface area contributed by atoms with Crippen molar-refractivity contribution in [1.29, 1.82) is 0 Å². The Balaban J connectivity index is 1.38. The smallest absolute Gasteiger partial charge is 0.166 e. The van der Waals surface area contributed by atoms with Crippen LogP contribution < -0.4 is 0 Å². The number of imidazole rings is 1. The number of allylic oxidation sites excluding steroid dienone is 6. The highest BCUT2D eigenvalue weighted by Gasteiger charge is 2.20. The van der Waals surface area contributed by atoms with E-state index in [1.54, 1.807) is 6.08 Å². The number of aromatic nitrogens is 3. The van der Waals surface area contributed by atoms with Crippen LogP contribution in [0.15, 0.2) is 96.9 Å². The zero-order valence-electron chi connectivity index (χ0n) is 17.6. The van der Waals surface area contributed by atoms with Gasteiger partial charge in [0.1, 0.15) is 5.69 Å². The summed E-state index contributed by atoms with van der Waals surface area (Å²) < 4.78 is 30.2. The van der Waals surface area contributed by atoms with E-state index in [4.69, 9.17) is 0 Å². The molecule has 0 N–H and O–H groups in total. The minimum Gasteiger partial charge on any atom is -0.348 e. The molecule has 3 aliphatic rings. The van der Waals surface area contributed by atoms with Crippen molar-refractivity contribution >= 4 is 5.57 Å². The highest BCUT2D eigenvalue weighted by Crippen LogP contribution is 2.32. The molecule has 0 fully saturated rings. The second-order valence-electron chi connectivity index (χ2n) is 7.94. The third-order valence-corrected chi connectivity index (χ3v) is 5.58. The maximum atomic E-state index is 14.4. The van der Waals surface area contributed by atoms with Gasteiger partial charge in [-0.05, 0) is 42.2 Å². The number of hydrogen-bond donors (Lipinski definition) is 0. The topological polar surface area (TPSA) is 30.7 Å². The van der Waals surface area contributed by atoms with E-state index in [-0.39, 0.29) is 17.8 Å². The Hall–Kier alpha value is -3.86. The second kappa shape index (κ2) is 8.35. The molecular formula is C27H21F2N3. The number of benzene rings is 2. The number of halogens is 2. The highest BCUT2D eigenvalue weighted by atomic mass is 19.2. The van der Waals surface area contributed by atoms with Crippen LogP contribution >= 0.6 is 0 Å². The maximum Gasteiger partial charge on any atom is 0.166 e. The summed E-state index contributed by atoms with van der Waals surface area (Å²) in [5.41, 5.74) is 6.24. The number of rotatable bonds is 4. The SMILES string of the molecule is Cc1ccc(-c2ccc(Cn3ccc4nc(C5=C(F)C(F)=CC=CC5)nc-4c3)cc2)cc1. The lowest BCUT2D eigenvalue weighted by molar-refractivity contribution is 0.546. The van der Waals surface area contributed by atoms with Crippen LogP contribution in [-0.2, 0) is 6.54 Å². The first-order valence-corrected chi connectivity index (χ1v) is 10.5. The van der Waals surface area contributed by atoms with Crippen molar-refractivity contribution in [2.45, 2.75) is 19.9 Å². The van der Waals surface area contributed by atoms with Gasteiger partial charge in [-0.2, -0.15) is 0 Å². The predicted molar refractivity (Wildman–Crippen MR) is 123 cm³/mol. The lowest BCUT2D eigenvalue weighted by Gasteiger charge is -2.09. The van der Waals surface area contributed by atoms with Crippen LogP contribution in [0, 0.1) is 6.92 Å². The first-order valence-electron chi connectivity index (χ1n) is 10.5. The molecule has 158 valence electrons. The first kappa shape index (κ1) is 20.1. The molecule has 0 amide bonds. The van der Waals surface area contributed by atoms with Crippen LogP contribution in [0.1, 0.15) is 23.4 Å². The van der Waals surface area contributed by atoms with Crippen molar-refractivity contribution in [3.8, 4) is 22.5 Å². The summed E-state index contributed by atoms with van der Waals surface area (Å²) in [5.74, 6) is -1.56. The normalized spacial score (nSPS) is 14.0. The Morgan fingerprint density at radius 1 is 0.875 bits per heavy atom. The lowest BCUT2D eigenvalue weighted by Crippen LogP contribution is -2.00. The zero-order chi connectivity index (χ0) is 22.1. The average molecular weight is 425 g/mol. The molecule has 2 aromatic carbocycles. The quantitative estimate of drug-likeness (QED) is 0.356. The van der Waals surface area contributed by atoms with Crippen LogP contribution in [0.3, 0.4) is 0 Å². The van der Waals surface area contributed by atoms with Gasteiger partial charge < -0.3 is 4.57 Å². The van der Waals surface area contributed by atoms with Crippen LogP contribution in [0.5, 0.6) is 0 Å². The van der Waals surface area contributed by atoms with E-state index in [9.17, 15) is 8.78 Å². The molecule has 2 aliphatic heterocycles. The van der Waals surface area contributed by atoms with E-state index in [0.717, 1.165) is 11.6 Å². The van der Waals surface area contributed by atoms with Crippen LogP contribution in [0.4, 0.5) is 8.78 Å². The van der Waals surface area contributed by atoms with E-state index >= 15 is 0 Å². The monoisotopic (exact) mass is 425 g/mol. The van der Waals surface area contributed by atoms with Crippen LogP contribution in [0.25, 0.3) is 28.1 Å². The molecule has 32 heavy (non-hydrogen) atoms. The lowest BCUT2D eigenvalue weighted by atomic mass is 10.0. The average Bonchev–Trinajstić information content (AvgIpc) is 3.15. The van der Waals surface area contributed by atoms with Crippen LogP contribution in [0.2, 0.25) is 0 Å². The molecule has 0 atom stereocenters. The molecule has 1 aliphatic carbocycles. The fourth-order valence-corrected chi connectivity index (χ4v) is 3.78. The fourth-order valence-electron chi connectivity index (χ4n) is 3.78. The molecule has 2 aromatic rings. The molecule has 5 heteroatoms. The summed E-state index contributed by atoms with van der Waals surface area (Å²) >= 11 is 0. The van der Waals surface area contributed by atoms with Gasteiger partial charge in [0, 0.05) is 24.5 Å². The molecular weight excluding hydrogens is 404 g/mol. The number of fused-ring (bicyclic) bond motifs is 1. The van der Waals surface area contributed by atoms with E-state index in [1.165, 1.54) is 22.8 Å². The largest absolute Gasteiger partial charge is 0.348 e. The Kier molecular flexibility index (Phi) is 5.23. The minimum atomic E-state index is -0.897. The molecule has 5 rings (SSSR count). The third-order valence-electron chi connectivity index (χ3n) is 5.58. The predicted octanol–water partition coefficient (Wildman–Crippen LogP) is 6.90. The van der Waals surface area contributed by atoms with Crippen molar-refractivity contribution < 1.29 is 8.78 Å². The van der Waals surface area contributed by atoms with Gasteiger partial charge in [-0.1, -0.05) is 66.2 Å². The van der Waals surface area contributed by atoms with Crippen molar-refractivity contribution in [1.82, 2.24) is 14.5 Å². The summed E-state index contributed by atoms with van der Waals surface area (Å²) in [4.78, 5) is 8.88. The molecule has 3 nitrogen and oxygen atoms in total. The summed E-state index contributed by atoms with van der Waals surface area (Å²) in [6.45, 7) is 2.75. The first-order chi connectivity index (χ1) is 15.6. The van der Waals surface area contributed by atoms with Gasteiger partial charge in [0.2, 0.25) is 0 Å². The second-order valence-corrected chi connectivity index (χ2v) is 7.94. The molecule has 0 saturated carbocycles. The Labute approximate surface area is 185 Å². The number of pyridine rings is 1. The van der Waals surface area contributed by atoms with E-state index < -0.39 is 11.7 Å². The van der Waals surface area contributed by atoms with Crippen molar-refractivity contribution in [2.75, 3.05) is 0 Å². The van der Waals surface area contributed by atoms with E-state index in [0.29, 0.717) is 17.9 Å². The molecule has 0 saturated heterocycles. The Morgan fingerprint density at radius 2 is 1.56 bits per heavy atom. The van der Waals surface area contributed by atoms with Gasteiger partial charge in [0.25, 0.3) is 0 Å². The molecule has 0 aromatic heterocycles. The van der Waals surface area contributed by atoms with Gasteiger partial charge in [0.05, 0.1) is 5.69 Å². The number of hydrogen-bond acceptors (Lipinski definition) is 2. The molecule has 0 bridgehead atoms.